The minimum absolute atomic E-state index is 0.510. The van der Waals surface area contributed by atoms with Gasteiger partial charge in [-0.1, -0.05) is 27.5 Å². The average Bonchev–Trinajstić information content (AvgIpc) is 2.31. The van der Waals surface area contributed by atoms with Crippen LogP contribution in [-0.2, 0) is 0 Å². The molecule has 0 aliphatic heterocycles. The average molecular weight is 438 g/mol. The van der Waals surface area contributed by atoms with E-state index in [0.717, 1.165) is 19.3 Å². The van der Waals surface area contributed by atoms with E-state index in [2.05, 4.69) is 74.5 Å². The number of hydrogen-bond donors (Lipinski definition) is 0. The molecular weight excluding hydrogens is 426 g/mol. The summed E-state index contributed by atoms with van der Waals surface area (Å²) in [6.45, 7) is 6.06. The molecule has 0 saturated heterocycles. The van der Waals surface area contributed by atoms with Gasteiger partial charge in [0.05, 0.1) is 9.26 Å². The molecule has 18 heavy (non-hydrogen) atoms. The highest BCUT2D eigenvalue weighted by Gasteiger charge is 2.11. The van der Waals surface area contributed by atoms with Gasteiger partial charge in [0, 0.05) is 10.0 Å². The fourth-order valence-electron chi connectivity index (χ4n) is 1.73. The van der Waals surface area contributed by atoms with E-state index in [1.165, 1.54) is 11.1 Å². The fourth-order valence-corrected chi connectivity index (χ4v) is 2.42. The minimum Gasteiger partial charge on any atom is -0.232 e. The van der Waals surface area contributed by atoms with Gasteiger partial charge in [0.25, 0.3) is 0 Å². The lowest BCUT2D eigenvalue weighted by Gasteiger charge is -2.09. The van der Waals surface area contributed by atoms with Crippen molar-refractivity contribution in [2.75, 3.05) is 0 Å². The third kappa shape index (κ3) is 2.70. The SMILES string of the molecule is Cc1cc(-c2nc(C)c(I)c(Cl)n2)cc(C)c1Br. The third-order valence-electron chi connectivity index (χ3n) is 2.67. The first-order valence-corrected chi connectivity index (χ1v) is 7.62. The predicted molar refractivity (Wildman–Crippen MR) is 87.1 cm³/mol. The number of benzene rings is 1. The fraction of sp³-hybridized carbons (Fsp3) is 0.231. The van der Waals surface area contributed by atoms with Crippen LogP contribution in [0.5, 0.6) is 0 Å². The molecule has 0 atom stereocenters. The molecule has 94 valence electrons. The molecule has 0 radical (unpaired) electrons. The Balaban J connectivity index is 2.63. The first kappa shape index (κ1) is 14.2. The minimum atomic E-state index is 0.510. The molecule has 0 saturated carbocycles. The molecule has 0 bridgehead atoms. The number of aromatic nitrogens is 2. The second kappa shape index (κ2) is 5.43. The molecule has 0 unspecified atom stereocenters. The number of aryl methyl sites for hydroxylation is 3. The Bertz CT molecular complexity index is 527. The van der Waals surface area contributed by atoms with Crippen molar-refractivity contribution in [3.05, 3.63) is 42.1 Å². The lowest BCUT2D eigenvalue weighted by molar-refractivity contribution is 1.09. The van der Waals surface area contributed by atoms with E-state index in [1.54, 1.807) is 0 Å². The summed E-state index contributed by atoms with van der Waals surface area (Å²) in [4.78, 5) is 8.84. The number of rotatable bonds is 1. The molecule has 2 aromatic rings. The molecule has 1 aromatic heterocycles. The second-order valence-electron chi connectivity index (χ2n) is 4.16. The molecule has 0 amide bonds. The van der Waals surface area contributed by atoms with Crippen LogP contribution in [0.2, 0.25) is 5.15 Å². The highest BCUT2D eigenvalue weighted by Crippen LogP contribution is 2.28. The Kier molecular flexibility index (Phi) is 4.29. The molecule has 1 heterocycles. The smallest absolute Gasteiger partial charge is 0.161 e. The quantitative estimate of drug-likeness (QED) is 0.459. The van der Waals surface area contributed by atoms with Gasteiger partial charge in [0.2, 0.25) is 0 Å². The normalized spacial score (nSPS) is 10.8. The van der Waals surface area contributed by atoms with Gasteiger partial charge in [0.15, 0.2) is 5.82 Å². The van der Waals surface area contributed by atoms with Crippen molar-refractivity contribution in [3.8, 4) is 11.4 Å². The first-order chi connectivity index (χ1) is 8.40. The van der Waals surface area contributed by atoms with Gasteiger partial charge in [-0.15, -0.1) is 0 Å². The van der Waals surface area contributed by atoms with Crippen molar-refractivity contribution in [3.63, 3.8) is 0 Å². The van der Waals surface area contributed by atoms with Crippen molar-refractivity contribution in [2.45, 2.75) is 20.8 Å². The summed E-state index contributed by atoms with van der Waals surface area (Å²) in [6.07, 6.45) is 0. The number of hydrogen-bond acceptors (Lipinski definition) is 2. The monoisotopic (exact) mass is 436 g/mol. The summed E-state index contributed by atoms with van der Waals surface area (Å²) < 4.78 is 2.03. The van der Waals surface area contributed by atoms with Gasteiger partial charge in [0.1, 0.15) is 5.15 Å². The Morgan fingerprint density at radius 3 is 2.17 bits per heavy atom. The zero-order valence-electron chi connectivity index (χ0n) is 10.2. The van der Waals surface area contributed by atoms with Crippen LogP contribution < -0.4 is 0 Å². The van der Waals surface area contributed by atoms with Crippen molar-refractivity contribution >= 4 is 50.1 Å². The molecule has 2 rings (SSSR count). The standard InChI is InChI=1S/C13H11BrClIN2/c1-6-4-9(5-7(2)10(6)14)13-17-8(3)11(16)12(15)18-13/h4-5H,1-3H3. The van der Waals surface area contributed by atoms with Crippen LogP contribution in [0, 0.1) is 24.3 Å². The maximum absolute atomic E-state index is 6.11. The summed E-state index contributed by atoms with van der Waals surface area (Å²) >= 11 is 11.8. The topological polar surface area (TPSA) is 25.8 Å². The van der Waals surface area contributed by atoms with Crippen molar-refractivity contribution < 1.29 is 0 Å². The van der Waals surface area contributed by atoms with E-state index in [9.17, 15) is 0 Å². The van der Waals surface area contributed by atoms with Gasteiger partial charge in [-0.2, -0.15) is 0 Å². The van der Waals surface area contributed by atoms with Crippen LogP contribution in [0.1, 0.15) is 16.8 Å². The lowest BCUT2D eigenvalue weighted by atomic mass is 10.1. The molecule has 0 fully saturated rings. The van der Waals surface area contributed by atoms with E-state index in [-0.39, 0.29) is 0 Å². The Labute approximate surface area is 133 Å². The summed E-state index contributed by atoms with van der Waals surface area (Å²) in [5, 5.41) is 0.510. The van der Waals surface area contributed by atoms with E-state index < -0.39 is 0 Å². The summed E-state index contributed by atoms with van der Waals surface area (Å²) in [5.74, 6) is 0.677. The van der Waals surface area contributed by atoms with Gasteiger partial charge in [-0.25, -0.2) is 9.97 Å². The van der Waals surface area contributed by atoms with Gasteiger partial charge in [-0.05, 0) is 66.6 Å². The van der Waals surface area contributed by atoms with Crippen molar-refractivity contribution in [2.24, 2.45) is 0 Å². The van der Waals surface area contributed by atoms with E-state index in [0.29, 0.717) is 11.0 Å². The van der Waals surface area contributed by atoms with Gasteiger partial charge in [-0.3, -0.25) is 0 Å². The zero-order valence-corrected chi connectivity index (χ0v) is 14.7. The third-order valence-corrected chi connectivity index (χ3v) is 5.81. The zero-order chi connectivity index (χ0) is 13.4. The Morgan fingerprint density at radius 1 is 1.11 bits per heavy atom. The van der Waals surface area contributed by atoms with Crippen LogP contribution in [0.15, 0.2) is 16.6 Å². The van der Waals surface area contributed by atoms with Crippen molar-refractivity contribution in [1.82, 2.24) is 9.97 Å². The number of halogens is 3. The molecule has 5 heteroatoms. The van der Waals surface area contributed by atoms with E-state index in [1.807, 2.05) is 6.92 Å². The van der Waals surface area contributed by atoms with Crippen LogP contribution >= 0.6 is 50.1 Å². The van der Waals surface area contributed by atoms with Crippen LogP contribution in [0.25, 0.3) is 11.4 Å². The molecule has 2 nitrogen and oxygen atoms in total. The molecule has 0 N–H and O–H groups in total. The first-order valence-electron chi connectivity index (χ1n) is 5.37. The highest BCUT2D eigenvalue weighted by atomic mass is 127. The van der Waals surface area contributed by atoms with E-state index >= 15 is 0 Å². The predicted octanol–water partition coefficient (Wildman–Crippen LogP) is 5.09. The Hall–Kier alpha value is -0.200. The van der Waals surface area contributed by atoms with Gasteiger partial charge >= 0.3 is 0 Å². The summed E-state index contributed by atoms with van der Waals surface area (Å²) in [6, 6.07) is 4.13. The summed E-state index contributed by atoms with van der Waals surface area (Å²) in [7, 11) is 0. The second-order valence-corrected chi connectivity index (χ2v) is 6.39. The van der Waals surface area contributed by atoms with Gasteiger partial charge < -0.3 is 0 Å². The maximum atomic E-state index is 6.11. The maximum Gasteiger partial charge on any atom is 0.161 e. The Morgan fingerprint density at radius 2 is 1.67 bits per heavy atom. The van der Waals surface area contributed by atoms with Crippen LogP contribution in [-0.4, -0.2) is 9.97 Å². The molecular formula is C13H11BrClIN2. The van der Waals surface area contributed by atoms with Crippen LogP contribution in [0.3, 0.4) is 0 Å². The number of nitrogens with zero attached hydrogens (tertiary/aromatic N) is 2. The van der Waals surface area contributed by atoms with Crippen LogP contribution in [0.4, 0.5) is 0 Å². The van der Waals surface area contributed by atoms with Crippen molar-refractivity contribution in [1.29, 1.82) is 0 Å². The lowest BCUT2D eigenvalue weighted by Crippen LogP contribution is -1.97. The molecule has 0 aliphatic carbocycles. The summed E-state index contributed by atoms with van der Waals surface area (Å²) in [5.41, 5.74) is 4.24. The molecule has 0 spiro atoms. The molecule has 1 aromatic carbocycles. The largest absolute Gasteiger partial charge is 0.232 e. The van der Waals surface area contributed by atoms with E-state index in [4.69, 9.17) is 11.6 Å². The molecule has 0 aliphatic rings. The highest BCUT2D eigenvalue weighted by molar-refractivity contribution is 14.1.